The van der Waals surface area contributed by atoms with E-state index >= 15 is 0 Å². The van der Waals surface area contributed by atoms with Gasteiger partial charge in [-0.15, -0.1) is 0 Å². The topological polar surface area (TPSA) is 46.3 Å². The number of primary amides is 1. The van der Waals surface area contributed by atoms with E-state index in [0.717, 1.165) is 24.9 Å². The van der Waals surface area contributed by atoms with E-state index in [1.54, 1.807) is 6.07 Å². The highest BCUT2D eigenvalue weighted by Gasteiger charge is 2.26. The maximum atomic E-state index is 13.1. The number of nitrogens with zero attached hydrogens (tertiary/aromatic N) is 1. The predicted molar refractivity (Wildman–Crippen MR) is 59.1 cm³/mol. The van der Waals surface area contributed by atoms with Crippen LogP contribution in [0.25, 0.3) is 0 Å². The average molecular weight is 222 g/mol. The normalized spacial score (nSPS) is 21.2. The minimum absolute atomic E-state index is 0.128. The lowest BCUT2D eigenvalue weighted by molar-refractivity contribution is -0.119. The molecular weight excluding hydrogens is 207 g/mol. The van der Waals surface area contributed by atoms with Crippen molar-refractivity contribution in [2.45, 2.75) is 18.9 Å². The third-order valence-corrected chi connectivity index (χ3v) is 2.96. The molecule has 16 heavy (non-hydrogen) atoms. The molecule has 1 aliphatic heterocycles. The van der Waals surface area contributed by atoms with Gasteiger partial charge in [-0.2, -0.15) is 0 Å². The molecule has 0 radical (unpaired) electrons. The Morgan fingerprint density at radius 3 is 3.06 bits per heavy atom. The van der Waals surface area contributed by atoms with Crippen LogP contribution in [0.1, 0.15) is 24.4 Å². The average Bonchev–Trinajstić information content (AvgIpc) is 2.65. The molecule has 1 aromatic carbocycles. The van der Waals surface area contributed by atoms with Crippen LogP contribution < -0.4 is 5.73 Å². The first kappa shape index (κ1) is 11.1. The van der Waals surface area contributed by atoms with Crippen molar-refractivity contribution >= 4 is 5.91 Å². The molecule has 0 spiro atoms. The predicted octanol–water partition coefficient (Wildman–Crippen LogP) is 1.45. The summed E-state index contributed by atoms with van der Waals surface area (Å²) in [6.45, 7) is 1.10. The molecule has 0 unspecified atom stereocenters. The number of carbonyl (C=O) groups excluding carboxylic acids is 1. The Morgan fingerprint density at radius 2 is 2.38 bits per heavy atom. The Kier molecular flexibility index (Phi) is 3.19. The van der Waals surface area contributed by atoms with Gasteiger partial charge in [0.1, 0.15) is 5.82 Å². The van der Waals surface area contributed by atoms with Crippen LogP contribution in [-0.4, -0.2) is 23.9 Å². The third kappa shape index (κ3) is 2.39. The molecular formula is C12H15FN2O. The summed E-state index contributed by atoms with van der Waals surface area (Å²) in [5, 5.41) is 0. The first-order valence-corrected chi connectivity index (χ1v) is 5.44. The van der Waals surface area contributed by atoms with Crippen LogP contribution in [0.4, 0.5) is 4.39 Å². The summed E-state index contributed by atoms with van der Waals surface area (Å²) in [6.07, 6.45) is 1.98. The number of carbonyl (C=O) groups is 1. The second kappa shape index (κ2) is 4.61. The van der Waals surface area contributed by atoms with Gasteiger partial charge in [-0.05, 0) is 37.1 Å². The second-order valence-corrected chi connectivity index (χ2v) is 4.15. The monoisotopic (exact) mass is 222 g/mol. The Morgan fingerprint density at radius 1 is 1.56 bits per heavy atom. The molecule has 1 saturated heterocycles. The van der Waals surface area contributed by atoms with E-state index in [9.17, 15) is 9.18 Å². The van der Waals surface area contributed by atoms with Gasteiger partial charge in [0.2, 0.25) is 5.91 Å². The zero-order valence-corrected chi connectivity index (χ0v) is 9.03. The quantitative estimate of drug-likeness (QED) is 0.841. The molecule has 1 aliphatic rings. The minimum Gasteiger partial charge on any atom is -0.369 e. The van der Waals surface area contributed by atoms with E-state index in [4.69, 9.17) is 5.73 Å². The van der Waals surface area contributed by atoms with Crippen molar-refractivity contribution in [2.75, 3.05) is 13.1 Å². The van der Waals surface area contributed by atoms with E-state index in [0.29, 0.717) is 0 Å². The van der Waals surface area contributed by atoms with Gasteiger partial charge in [-0.1, -0.05) is 12.1 Å². The molecule has 1 aromatic rings. The maximum Gasteiger partial charge on any atom is 0.231 e. The molecule has 2 rings (SSSR count). The standard InChI is InChI=1S/C12H15FN2O/c13-10-4-1-3-9(7-10)11-5-2-6-15(11)8-12(14)16/h1,3-4,7,11H,2,5-6,8H2,(H2,14,16)/t11-/m1/s1. The van der Waals surface area contributed by atoms with Crippen LogP contribution in [0.15, 0.2) is 24.3 Å². The Balaban J connectivity index is 2.16. The number of hydrogen-bond donors (Lipinski definition) is 1. The van der Waals surface area contributed by atoms with Crippen LogP contribution in [0.3, 0.4) is 0 Å². The lowest BCUT2D eigenvalue weighted by Crippen LogP contribution is -2.33. The third-order valence-electron chi connectivity index (χ3n) is 2.96. The summed E-state index contributed by atoms with van der Waals surface area (Å²) in [6, 6.07) is 6.68. The summed E-state index contributed by atoms with van der Waals surface area (Å²) in [7, 11) is 0. The lowest BCUT2D eigenvalue weighted by atomic mass is 10.0. The van der Waals surface area contributed by atoms with Crippen LogP contribution in [-0.2, 0) is 4.79 Å². The molecule has 0 aromatic heterocycles. The van der Waals surface area contributed by atoms with Crippen molar-refractivity contribution in [3.05, 3.63) is 35.6 Å². The summed E-state index contributed by atoms with van der Waals surface area (Å²) in [5.41, 5.74) is 6.12. The van der Waals surface area contributed by atoms with Crippen molar-refractivity contribution in [3.8, 4) is 0 Å². The SMILES string of the molecule is NC(=O)CN1CCC[C@@H]1c1cccc(F)c1. The summed E-state index contributed by atoms with van der Waals surface area (Å²) < 4.78 is 13.1. The van der Waals surface area contributed by atoms with E-state index in [1.807, 2.05) is 11.0 Å². The Labute approximate surface area is 94.0 Å². The van der Waals surface area contributed by atoms with Crippen LogP contribution in [0.5, 0.6) is 0 Å². The molecule has 1 amide bonds. The first-order chi connectivity index (χ1) is 7.66. The summed E-state index contributed by atoms with van der Waals surface area (Å²) >= 11 is 0. The molecule has 0 bridgehead atoms. The van der Waals surface area contributed by atoms with Crippen molar-refractivity contribution in [2.24, 2.45) is 5.73 Å². The highest BCUT2D eigenvalue weighted by molar-refractivity contribution is 5.76. The summed E-state index contributed by atoms with van der Waals surface area (Å²) in [5.74, 6) is -0.563. The van der Waals surface area contributed by atoms with Gasteiger partial charge in [0.05, 0.1) is 6.54 Å². The maximum absolute atomic E-state index is 13.1. The number of amides is 1. The van der Waals surface area contributed by atoms with Gasteiger partial charge in [-0.3, -0.25) is 9.69 Å². The fourth-order valence-electron chi connectivity index (χ4n) is 2.31. The molecule has 0 aliphatic carbocycles. The molecule has 1 atom stereocenters. The van der Waals surface area contributed by atoms with Crippen LogP contribution in [0, 0.1) is 5.82 Å². The zero-order valence-electron chi connectivity index (χ0n) is 9.03. The second-order valence-electron chi connectivity index (χ2n) is 4.15. The van der Waals surface area contributed by atoms with Gasteiger partial charge in [0.25, 0.3) is 0 Å². The molecule has 0 saturated carbocycles. The Bertz CT molecular complexity index is 394. The number of nitrogens with two attached hydrogens (primary N) is 1. The molecule has 1 fully saturated rings. The first-order valence-electron chi connectivity index (χ1n) is 5.44. The fraction of sp³-hybridized carbons (Fsp3) is 0.417. The largest absolute Gasteiger partial charge is 0.369 e. The number of rotatable bonds is 3. The van der Waals surface area contributed by atoms with E-state index in [-0.39, 0.29) is 24.3 Å². The lowest BCUT2D eigenvalue weighted by Gasteiger charge is -2.23. The molecule has 1 heterocycles. The number of hydrogen-bond acceptors (Lipinski definition) is 2. The van der Waals surface area contributed by atoms with Gasteiger partial charge >= 0.3 is 0 Å². The Hall–Kier alpha value is -1.42. The molecule has 3 nitrogen and oxygen atoms in total. The van der Waals surface area contributed by atoms with Crippen molar-refractivity contribution in [1.82, 2.24) is 4.90 Å². The fourth-order valence-corrected chi connectivity index (χ4v) is 2.31. The van der Waals surface area contributed by atoms with E-state index < -0.39 is 0 Å². The molecule has 4 heteroatoms. The van der Waals surface area contributed by atoms with Gasteiger partial charge < -0.3 is 5.73 Å². The number of likely N-dealkylation sites (tertiary alicyclic amines) is 1. The molecule has 86 valence electrons. The van der Waals surface area contributed by atoms with Crippen molar-refractivity contribution in [3.63, 3.8) is 0 Å². The van der Waals surface area contributed by atoms with Crippen molar-refractivity contribution in [1.29, 1.82) is 0 Å². The summed E-state index contributed by atoms with van der Waals surface area (Å²) in [4.78, 5) is 12.9. The smallest absolute Gasteiger partial charge is 0.231 e. The number of benzene rings is 1. The van der Waals surface area contributed by atoms with Gasteiger partial charge in [-0.25, -0.2) is 4.39 Å². The van der Waals surface area contributed by atoms with Crippen molar-refractivity contribution < 1.29 is 9.18 Å². The zero-order chi connectivity index (χ0) is 11.5. The van der Waals surface area contributed by atoms with E-state index in [2.05, 4.69) is 0 Å². The van der Waals surface area contributed by atoms with Crippen LogP contribution in [0.2, 0.25) is 0 Å². The van der Waals surface area contributed by atoms with Gasteiger partial charge in [0, 0.05) is 6.04 Å². The van der Waals surface area contributed by atoms with E-state index in [1.165, 1.54) is 12.1 Å². The number of halogens is 1. The minimum atomic E-state index is -0.330. The van der Waals surface area contributed by atoms with Crippen LogP contribution >= 0.6 is 0 Å². The highest BCUT2D eigenvalue weighted by atomic mass is 19.1. The highest BCUT2D eigenvalue weighted by Crippen LogP contribution is 2.31. The van der Waals surface area contributed by atoms with Gasteiger partial charge in [0.15, 0.2) is 0 Å². The molecule has 2 N–H and O–H groups in total.